The number of hydrogen-bond donors (Lipinski definition) is 1. The predicted octanol–water partition coefficient (Wildman–Crippen LogP) is 8.06. The molecule has 250 valence electrons. The molecule has 0 bridgehead atoms. The van der Waals surface area contributed by atoms with Crippen LogP contribution in [0.1, 0.15) is 41.3 Å². The van der Waals surface area contributed by atoms with Crippen LogP contribution in [0.3, 0.4) is 0 Å². The molecule has 1 fully saturated rings. The number of carbonyl (C=O) groups is 2. The number of benzene rings is 4. The molecule has 4 aromatic carbocycles. The van der Waals surface area contributed by atoms with Crippen molar-refractivity contribution in [1.29, 1.82) is 0 Å². The molecule has 0 saturated carbocycles. The molecule has 4 aromatic rings. The molecule has 0 radical (unpaired) electrons. The van der Waals surface area contributed by atoms with Gasteiger partial charge in [0.1, 0.15) is 5.75 Å². The lowest BCUT2D eigenvalue weighted by Gasteiger charge is -2.30. The van der Waals surface area contributed by atoms with Gasteiger partial charge >= 0.3 is 0 Å². The first-order chi connectivity index (χ1) is 23.1. The number of anilines is 2. The van der Waals surface area contributed by atoms with E-state index in [1.54, 1.807) is 35.0 Å². The minimum absolute atomic E-state index is 0.0641. The first-order valence-corrected chi connectivity index (χ1v) is 19.7. The Bertz CT molecular complexity index is 1750. The average Bonchev–Trinajstić information content (AvgIpc) is 3.33. The van der Waals surface area contributed by atoms with Crippen molar-refractivity contribution >= 4 is 31.6 Å². The number of halogens is 1. The van der Waals surface area contributed by atoms with Crippen LogP contribution in [0.5, 0.6) is 11.5 Å². The molecule has 0 unspecified atom stereocenters. The number of hydrogen-bond acceptors (Lipinski definition) is 5. The van der Waals surface area contributed by atoms with Crippen molar-refractivity contribution in [2.45, 2.75) is 63.6 Å². The van der Waals surface area contributed by atoms with Gasteiger partial charge in [0.25, 0.3) is 5.91 Å². The van der Waals surface area contributed by atoms with E-state index < -0.39 is 14.5 Å². The van der Waals surface area contributed by atoms with Crippen LogP contribution in [0, 0.1) is 5.92 Å². The summed E-state index contributed by atoms with van der Waals surface area (Å²) in [6, 6.07) is 32.4. The maximum Gasteiger partial charge on any atom is 0.266 e. The van der Waals surface area contributed by atoms with Crippen LogP contribution in [0.15, 0.2) is 103 Å². The quantitative estimate of drug-likeness (QED) is 0.129. The third-order valence-electron chi connectivity index (χ3n) is 9.54. The van der Waals surface area contributed by atoms with Gasteiger partial charge in [-0.05, 0) is 79.4 Å². The molecule has 2 amide bonds. The highest BCUT2D eigenvalue weighted by molar-refractivity contribution is 6.72. The fourth-order valence-corrected chi connectivity index (χ4v) is 9.86. The summed E-state index contributed by atoms with van der Waals surface area (Å²) in [6.45, 7) is 5.89. The third kappa shape index (κ3) is 7.23. The maximum atomic E-state index is 15.9. The Balaban J connectivity index is 1.19. The predicted molar refractivity (Wildman–Crippen MR) is 188 cm³/mol. The lowest BCUT2D eigenvalue weighted by atomic mass is 9.95. The number of ether oxygens (including phenoxy) is 2. The minimum Gasteiger partial charge on any atom is -0.454 e. The summed E-state index contributed by atoms with van der Waals surface area (Å²) >= 11 is 0. The van der Waals surface area contributed by atoms with Crippen molar-refractivity contribution in [1.82, 2.24) is 4.90 Å². The fraction of sp³-hybridized carbons (Fsp3) is 0.333. The van der Waals surface area contributed by atoms with Gasteiger partial charge in [0.05, 0.1) is 36.5 Å². The normalized spacial score (nSPS) is 20.4. The summed E-state index contributed by atoms with van der Waals surface area (Å²) < 4.78 is 28.6. The average molecular weight is 667 g/mol. The molecule has 7 nitrogen and oxygen atoms in total. The van der Waals surface area contributed by atoms with E-state index >= 15 is 4.11 Å². The molecule has 6 rings (SSSR count). The second-order valence-electron chi connectivity index (χ2n) is 13.3. The van der Waals surface area contributed by atoms with Crippen molar-refractivity contribution in [2.75, 3.05) is 18.1 Å². The molecule has 2 heterocycles. The molecular formula is C39H43FN2O5Si. The number of nitrogens with zero attached hydrogens (tertiary/aromatic N) is 2. The Morgan fingerprint density at radius 2 is 1.58 bits per heavy atom. The van der Waals surface area contributed by atoms with Gasteiger partial charge in [-0.2, -0.15) is 0 Å². The van der Waals surface area contributed by atoms with E-state index in [0.29, 0.717) is 42.1 Å². The topological polar surface area (TPSA) is 79.3 Å². The highest BCUT2D eigenvalue weighted by atomic mass is 28.4. The highest BCUT2D eigenvalue weighted by Gasteiger charge is 2.51. The standard InChI is InChI=1S/C39H43FN2O5Si/c1-27-33(46-36(38(27)48(2,3)40)25-37(44)41(22-23-43)26-29-12-5-4-6-13-29)21-20-28-14-11-15-30(24-28)42-32-17-8-10-19-35(32)47-34-18-9-7-16-31(34)39(42)45/h4-19,24,27,33,36,38,43H,20-23,25-26H2,1-3H3/t27-,33+,36-,38+/m1/s1. The van der Waals surface area contributed by atoms with Gasteiger partial charge < -0.3 is 23.6 Å². The molecule has 48 heavy (non-hydrogen) atoms. The van der Waals surface area contributed by atoms with Crippen molar-refractivity contribution in [3.8, 4) is 11.5 Å². The van der Waals surface area contributed by atoms with Gasteiger partial charge in [-0.3, -0.25) is 14.5 Å². The van der Waals surface area contributed by atoms with E-state index in [1.807, 2.05) is 97.9 Å². The van der Waals surface area contributed by atoms with Gasteiger partial charge in [0, 0.05) is 24.3 Å². The molecule has 1 N–H and O–H groups in total. The molecule has 1 saturated heterocycles. The first kappa shape index (κ1) is 33.6. The van der Waals surface area contributed by atoms with E-state index in [2.05, 4.69) is 0 Å². The van der Waals surface area contributed by atoms with E-state index in [1.165, 1.54) is 0 Å². The van der Waals surface area contributed by atoms with Gasteiger partial charge in [-0.15, -0.1) is 0 Å². The zero-order chi connectivity index (χ0) is 33.8. The SMILES string of the molecule is C[C@H]1[C@H]([Si](C)(C)F)[C@@H](CC(=O)N(CCO)Cc2ccccc2)O[C@H]1CCc1cccc(N2C(=O)c3ccccc3Oc3ccccc32)c1. The Kier molecular flexibility index (Phi) is 10.1. The summed E-state index contributed by atoms with van der Waals surface area (Å²) in [5, 5.41) is 9.68. The summed E-state index contributed by atoms with van der Waals surface area (Å²) in [5.74, 6) is 0.733. The molecule has 2 aliphatic heterocycles. The largest absolute Gasteiger partial charge is 0.454 e. The van der Waals surface area contributed by atoms with Crippen molar-refractivity contribution in [3.05, 3.63) is 120 Å². The second-order valence-corrected chi connectivity index (χ2v) is 17.1. The highest BCUT2D eigenvalue weighted by Crippen LogP contribution is 2.47. The Labute approximate surface area is 283 Å². The van der Waals surface area contributed by atoms with Crippen LogP contribution in [0.4, 0.5) is 15.5 Å². The third-order valence-corrected chi connectivity index (χ3v) is 12.0. The number of aliphatic hydroxyl groups excluding tert-OH is 1. The van der Waals surface area contributed by atoms with E-state index in [-0.39, 0.29) is 48.9 Å². The zero-order valence-corrected chi connectivity index (χ0v) is 28.7. The van der Waals surface area contributed by atoms with Gasteiger partial charge in [-0.1, -0.05) is 73.7 Å². The zero-order valence-electron chi connectivity index (χ0n) is 27.7. The van der Waals surface area contributed by atoms with E-state index in [4.69, 9.17) is 9.47 Å². The summed E-state index contributed by atoms with van der Waals surface area (Å²) in [5.41, 5.74) is 3.54. The van der Waals surface area contributed by atoms with Crippen LogP contribution < -0.4 is 9.64 Å². The number of para-hydroxylation sites is 3. The van der Waals surface area contributed by atoms with Crippen molar-refractivity contribution in [3.63, 3.8) is 0 Å². The van der Waals surface area contributed by atoms with E-state index in [0.717, 1.165) is 16.8 Å². The van der Waals surface area contributed by atoms with Crippen LogP contribution in [0.25, 0.3) is 0 Å². The van der Waals surface area contributed by atoms with Crippen LogP contribution in [-0.4, -0.2) is 55.6 Å². The van der Waals surface area contributed by atoms with Crippen molar-refractivity contribution < 1.29 is 28.3 Å². The number of aryl methyl sites for hydroxylation is 1. The van der Waals surface area contributed by atoms with Gasteiger partial charge in [0.2, 0.25) is 14.3 Å². The van der Waals surface area contributed by atoms with Crippen LogP contribution in [-0.2, 0) is 22.5 Å². The molecule has 9 heteroatoms. The van der Waals surface area contributed by atoms with Crippen molar-refractivity contribution in [2.24, 2.45) is 5.92 Å². The molecule has 0 aromatic heterocycles. The Hall–Kier alpha value is -4.31. The number of rotatable bonds is 11. The molecule has 4 atom stereocenters. The minimum atomic E-state index is -3.20. The summed E-state index contributed by atoms with van der Waals surface area (Å²) in [4.78, 5) is 30.8. The van der Waals surface area contributed by atoms with Crippen LogP contribution in [0.2, 0.25) is 18.6 Å². The van der Waals surface area contributed by atoms with E-state index in [9.17, 15) is 14.7 Å². The van der Waals surface area contributed by atoms with Crippen LogP contribution >= 0.6 is 0 Å². The van der Waals surface area contributed by atoms with Gasteiger partial charge in [0.15, 0.2) is 5.75 Å². The fourth-order valence-electron chi connectivity index (χ4n) is 7.32. The summed E-state index contributed by atoms with van der Waals surface area (Å²) in [6.07, 6.45) is 0.635. The smallest absolute Gasteiger partial charge is 0.266 e. The number of amides is 2. The molecule has 0 aliphatic carbocycles. The summed E-state index contributed by atoms with van der Waals surface area (Å²) in [7, 11) is -3.20. The lowest BCUT2D eigenvalue weighted by molar-refractivity contribution is -0.135. The first-order valence-electron chi connectivity index (χ1n) is 16.7. The Morgan fingerprint density at radius 1 is 0.896 bits per heavy atom. The molecule has 0 spiro atoms. The van der Waals surface area contributed by atoms with Gasteiger partial charge in [-0.25, -0.2) is 0 Å². The maximum absolute atomic E-state index is 15.9. The Morgan fingerprint density at radius 3 is 2.33 bits per heavy atom. The number of fused-ring (bicyclic) bond motifs is 2. The number of carbonyl (C=O) groups excluding carboxylic acids is 2. The number of aliphatic hydroxyl groups is 1. The molecular weight excluding hydrogens is 624 g/mol. The monoisotopic (exact) mass is 666 g/mol. The second kappa shape index (κ2) is 14.4. The lowest BCUT2D eigenvalue weighted by Crippen LogP contribution is -2.40. The molecule has 2 aliphatic rings.